The van der Waals surface area contributed by atoms with Crippen LogP contribution in [-0.4, -0.2) is 21.9 Å². The quantitative estimate of drug-likeness (QED) is 0.671. The molecule has 0 fully saturated rings. The van der Waals surface area contributed by atoms with E-state index in [9.17, 15) is 10.2 Å². The SMILES string of the molecule is CCCC(O)(CC)C(C)C(O)CC. The van der Waals surface area contributed by atoms with E-state index in [0.717, 1.165) is 19.3 Å². The van der Waals surface area contributed by atoms with Gasteiger partial charge in [0.25, 0.3) is 0 Å². The minimum Gasteiger partial charge on any atom is -0.393 e. The monoisotopic (exact) mass is 188 g/mol. The average Bonchev–Trinajstić information content (AvgIpc) is 2.15. The Bertz CT molecular complexity index is 136. The molecule has 0 aliphatic rings. The summed E-state index contributed by atoms with van der Waals surface area (Å²) in [6, 6.07) is 0. The lowest BCUT2D eigenvalue weighted by Gasteiger charge is -2.35. The second-order valence-electron chi connectivity index (χ2n) is 3.97. The van der Waals surface area contributed by atoms with E-state index in [1.165, 1.54) is 0 Å². The average molecular weight is 188 g/mol. The molecule has 3 unspecified atom stereocenters. The van der Waals surface area contributed by atoms with Gasteiger partial charge >= 0.3 is 0 Å². The lowest BCUT2D eigenvalue weighted by atomic mass is 9.79. The first-order valence-corrected chi connectivity index (χ1v) is 5.42. The first kappa shape index (κ1) is 12.9. The van der Waals surface area contributed by atoms with Crippen molar-refractivity contribution in [1.82, 2.24) is 0 Å². The summed E-state index contributed by atoms with van der Waals surface area (Å²) in [6.07, 6.45) is 2.80. The maximum atomic E-state index is 10.2. The zero-order valence-corrected chi connectivity index (χ0v) is 9.38. The van der Waals surface area contributed by atoms with Crippen molar-refractivity contribution >= 4 is 0 Å². The predicted molar refractivity (Wildman–Crippen MR) is 55.6 cm³/mol. The van der Waals surface area contributed by atoms with Gasteiger partial charge in [-0.05, 0) is 19.3 Å². The van der Waals surface area contributed by atoms with E-state index in [4.69, 9.17) is 0 Å². The Balaban J connectivity index is 4.35. The minimum atomic E-state index is -0.676. The fraction of sp³-hybridized carbons (Fsp3) is 1.00. The molecular weight excluding hydrogens is 164 g/mol. The summed E-state index contributed by atoms with van der Waals surface area (Å²) < 4.78 is 0. The highest BCUT2D eigenvalue weighted by Crippen LogP contribution is 2.29. The largest absolute Gasteiger partial charge is 0.393 e. The Kier molecular flexibility index (Phi) is 5.57. The van der Waals surface area contributed by atoms with Gasteiger partial charge in [0.1, 0.15) is 0 Å². The maximum Gasteiger partial charge on any atom is 0.0695 e. The highest BCUT2D eigenvalue weighted by molar-refractivity contribution is 4.86. The first-order valence-electron chi connectivity index (χ1n) is 5.42. The summed E-state index contributed by atoms with van der Waals surface area (Å²) in [5.74, 6) is -0.0255. The summed E-state index contributed by atoms with van der Waals surface area (Å²) in [7, 11) is 0. The highest BCUT2D eigenvalue weighted by atomic mass is 16.3. The molecule has 3 atom stereocenters. The fourth-order valence-corrected chi connectivity index (χ4v) is 1.87. The van der Waals surface area contributed by atoms with Crippen molar-refractivity contribution in [3.8, 4) is 0 Å². The molecule has 13 heavy (non-hydrogen) atoms. The van der Waals surface area contributed by atoms with Crippen LogP contribution in [0.2, 0.25) is 0 Å². The van der Waals surface area contributed by atoms with E-state index in [1.807, 2.05) is 20.8 Å². The maximum absolute atomic E-state index is 10.2. The van der Waals surface area contributed by atoms with Crippen molar-refractivity contribution in [1.29, 1.82) is 0 Å². The molecule has 0 amide bonds. The molecule has 0 radical (unpaired) electrons. The summed E-state index contributed by atoms with van der Waals surface area (Å²) in [5, 5.41) is 19.9. The van der Waals surface area contributed by atoms with E-state index >= 15 is 0 Å². The third kappa shape index (κ3) is 3.28. The number of aliphatic hydroxyl groups is 2. The Hall–Kier alpha value is -0.0800. The van der Waals surface area contributed by atoms with Gasteiger partial charge in [0.2, 0.25) is 0 Å². The summed E-state index contributed by atoms with van der Waals surface area (Å²) >= 11 is 0. The number of rotatable bonds is 6. The molecule has 0 saturated carbocycles. The van der Waals surface area contributed by atoms with E-state index in [-0.39, 0.29) is 12.0 Å². The molecule has 2 heteroatoms. The van der Waals surface area contributed by atoms with Crippen LogP contribution in [0.3, 0.4) is 0 Å². The zero-order chi connectivity index (χ0) is 10.5. The Morgan fingerprint density at radius 2 is 1.77 bits per heavy atom. The van der Waals surface area contributed by atoms with E-state index in [1.54, 1.807) is 0 Å². The Morgan fingerprint density at radius 3 is 2.08 bits per heavy atom. The fourth-order valence-electron chi connectivity index (χ4n) is 1.87. The second-order valence-corrected chi connectivity index (χ2v) is 3.97. The van der Waals surface area contributed by atoms with Crippen molar-refractivity contribution < 1.29 is 10.2 Å². The lowest BCUT2D eigenvalue weighted by Crippen LogP contribution is -2.41. The lowest BCUT2D eigenvalue weighted by molar-refractivity contribution is -0.0729. The van der Waals surface area contributed by atoms with Crippen molar-refractivity contribution in [2.75, 3.05) is 0 Å². The molecule has 0 rings (SSSR count). The van der Waals surface area contributed by atoms with Gasteiger partial charge in [-0.25, -0.2) is 0 Å². The second kappa shape index (κ2) is 5.61. The number of hydrogen-bond donors (Lipinski definition) is 2. The zero-order valence-electron chi connectivity index (χ0n) is 9.38. The predicted octanol–water partition coefficient (Wildman–Crippen LogP) is 2.33. The van der Waals surface area contributed by atoms with Gasteiger partial charge in [-0.1, -0.05) is 34.1 Å². The Morgan fingerprint density at radius 1 is 1.23 bits per heavy atom. The standard InChI is InChI=1S/C11H24O2/c1-5-8-11(13,7-3)9(4)10(12)6-2/h9-10,12-13H,5-8H2,1-4H3. The molecule has 2 nitrogen and oxygen atoms in total. The minimum absolute atomic E-state index is 0.0255. The molecule has 0 aromatic heterocycles. The van der Waals surface area contributed by atoms with Crippen LogP contribution in [0.5, 0.6) is 0 Å². The van der Waals surface area contributed by atoms with Gasteiger partial charge in [-0.15, -0.1) is 0 Å². The molecule has 0 spiro atoms. The van der Waals surface area contributed by atoms with Crippen molar-refractivity contribution in [2.45, 2.75) is 65.1 Å². The summed E-state index contributed by atoms with van der Waals surface area (Å²) in [5.41, 5.74) is -0.676. The van der Waals surface area contributed by atoms with Crippen LogP contribution in [0.15, 0.2) is 0 Å². The van der Waals surface area contributed by atoms with Crippen LogP contribution in [0.4, 0.5) is 0 Å². The van der Waals surface area contributed by atoms with E-state index in [2.05, 4.69) is 6.92 Å². The van der Waals surface area contributed by atoms with Crippen LogP contribution >= 0.6 is 0 Å². The van der Waals surface area contributed by atoms with Crippen molar-refractivity contribution in [3.05, 3.63) is 0 Å². The van der Waals surface area contributed by atoms with Crippen LogP contribution in [0.25, 0.3) is 0 Å². The molecule has 80 valence electrons. The van der Waals surface area contributed by atoms with Gasteiger partial charge in [0.15, 0.2) is 0 Å². The third-order valence-corrected chi connectivity index (χ3v) is 3.14. The number of hydrogen-bond acceptors (Lipinski definition) is 2. The van der Waals surface area contributed by atoms with E-state index in [0.29, 0.717) is 6.42 Å². The highest BCUT2D eigenvalue weighted by Gasteiger charge is 2.34. The molecule has 0 aliphatic carbocycles. The molecular formula is C11H24O2. The Labute approximate surface area is 82.0 Å². The first-order chi connectivity index (χ1) is 6.01. The van der Waals surface area contributed by atoms with Gasteiger partial charge in [-0.3, -0.25) is 0 Å². The molecule has 0 aliphatic heterocycles. The molecule has 0 heterocycles. The normalized spacial score (nSPS) is 20.8. The van der Waals surface area contributed by atoms with Crippen LogP contribution < -0.4 is 0 Å². The van der Waals surface area contributed by atoms with Gasteiger partial charge in [0.05, 0.1) is 11.7 Å². The molecule has 0 aromatic carbocycles. The van der Waals surface area contributed by atoms with E-state index < -0.39 is 5.60 Å². The summed E-state index contributed by atoms with van der Waals surface area (Å²) in [4.78, 5) is 0. The van der Waals surface area contributed by atoms with Gasteiger partial charge in [-0.2, -0.15) is 0 Å². The van der Waals surface area contributed by atoms with Crippen molar-refractivity contribution in [3.63, 3.8) is 0 Å². The molecule has 0 saturated heterocycles. The molecule has 0 bridgehead atoms. The van der Waals surface area contributed by atoms with Gasteiger partial charge < -0.3 is 10.2 Å². The molecule has 2 N–H and O–H groups in total. The van der Waals surface area contributed by atoms with Crippen LogP contribution in [0, 0.1) is 5.92 Å². The van der Waals surface area contributed by atoms with Gasteiger partial charge in [0, 0.05) is 5.92 Å². The smallest absolute Gasteiger partial charge is 0.0695 e. The third-order valence-electron chi connectivity index (χ3n) is 3.14. The molecule has 0 aromatic rings. The van der Waals surface area contributed by atoms with Crippen LogP contribution in [-0.2, 0) is 0 Å². The number of aliphatic hydroxyl groups excluding tert-OH is 1. The topological polar surface area (TPSA) is 40.5 Å². The van der Waals surface area contributed by atoms with Crippen molar-refractivity contribution in [2.24, 2.45) is 5.92 Å². The summed E-state index contributed by atoms with van der Waals surface area (Å²) in [6.45, 7) is 7.93. The van der Waals surface area contributed by atoms with Crippen LogP contribution in [0.1, 0.15) is 53.4 Å².